The van der Waals surface area contributed by atoms with Gasteiger partial charge in [0, 0.05) is 0 Å². The molecule has 0 aliphatic carbocycles. The number of nitrogens with one attached hydrogen (secondary N) is 1. The minimum absolute atomic E-state index is 0.266. The van der Waals surface area contributed by atoms with Gasteiger partial charge in [0.2, 0.25) is 0 Å². The van der Waals surface area contributed by atoms with Gasteiger partial charge in [0.05, 0.1) is 24.5 Å². The molecule has 6 nitrogen and oxygen atoms in total. The second-order valence-corrected chi connectivity index (χ2v) is 4.55. The summed E-state index contributed by atoms with van der Waals surface area (Å²) in [5, 5.41) is 11.6. The minimum Gasteiger partial charge on any atom is -0.464 e. The highest BCUT2D eigenvalue weighted by atomic mass is 16.5. The van der Waals surface area contributed by atoms with Crippen molar-refractivity contribution in [2.75, 3.05) is 13.2 Å². The molecule has 0 amide bonds. The molecule has 1 aromatic rings. The van der Waals surface area contributed by atoms with Crippen molar-refractivity contribution in [2.45, 2.75) is 45.2 Å². The molecule has 1 aliphatic heterocycles. The van der Waals surface area contributed by atoms with Crippen molar-refractivity contribution in [3.8, 4) is 0 Å². The monoisotopic (exact) mass is 252 g/mol. The molecule has 2 atom stereocenters. The van der Waals surface area contributed by atoms with Crippen LogP contribution in [-0.4, -0.2) is 34.1 Å². The summed E-state index contributed by atoms with van der Waals surface area (Å²) in [6.07, 6.45) is 5.33. The van der Waals surface area contributed by atoms with Crippen LogP contribution in [0.2, 0.25) is 0 Å². The van der Waals surface area contributed by atoms with Crippen molar-refractivity contribution >= 4 is 5.97 Å². The third-order valence-electron chi connectivity index (χ3n) is 3.22. The first-order valence-electron chi connectivity index (χ1n) is 6.54. The first kappa shape index (κ1) is 13.0. The smallest absolute Gasteiger partial charge is 0.330 e. The molecule has 6 heteroatoms. The number of esters is 1. The van der Waals surface area contributed by atoms with Crippen LogP contribution in [0.4, 0.5) is 0 Å². The molecule has 100 valence electrons. The van der Waals surface area contributed by atoms with Crippen LogP contribution in [0.1, 0.15) is 50.9 Å². The summed E-state index contributed by atoms with van der Waals surface area (Å²) in [6.45, 7) is 4.97. The maximum absolute atomic E-state index is 11.6. The van der Waals surface area contributed by atoms with Crippen LogP contribution in [-0.2, 0) is 9.53 Å². The van der Waals surface area contributed by atoms with Crippen molar-refractivity contribution in [2.24, 2.45) is 0 Å². The van der Waals surface area contributed by atoms with E-state index < -0.39 is 6.04 Å². The van der Waals surface area contributed by atoms with Crippen molar-refractivity contribution in [3.63, 3.8) is 0 Å². The third-order valence-corrected chi connectivity index (χ3v) is 3.22. The standard InChI is InChI=1S/C12H20N4O2/c1-3-18-12(17)9(2)16-8-11(14-15-16)10-6-4-5-7-13-10/h8-10,13H,3-7H2,1-2H3. The topological polar surface area (TPSA) is 69.0 Å². The molecule has 1 aromatic heterocycles. The molecule has 1 fully saturated rings. The number of carbonyl (C=O) groups is 1. The van der Waals surface area contributed by atoms with Crippen LogP contribution < -0.4 is 5.32 Å². The van der Waals surface area contributed by atoms with Crippen molar-refractivity contribution < 1.29 is 9.53 Å². The zero-order chi connectivity index (χ0) is 13.0. The lowest BCUT2D eigenvalue weighted by atomic mass is 10.0. The van der Waals surface area contributed by atoms with Gasteiger partial charge in [-0.1, -0.05) is 11.6 Å². The first-order chi connectivity index (χ1) is 8.72. The van der Waals surface area contributed by atoms with E-state index in [0.29, 0.717) is 6.61 Å². The van der Waals surface area contributed by atoms with Crippen LogP contribution in [0.25, 0.3) is 0 Å². The number of rotatable bonds is 4. The number of nitrogens with zero attached hydrogens (tertiary/aromatic N) is 3. The van der Waals surface area contributed by atoms with Crippen LogP contribution >= 0.6 is 0 Å². The molecule has 0 saturated carbocycles. The number of carbonyl (C=O) groups excluding carboxylic acids is 1. The Bertz CT molecular complexity index is 399. The van der Waals surface area contributed by atoms with Crippen LogP contribution in [0, 0.1) is 0 Å². The lowest BCUT2D eigenvalue weighted by Crippen LogP contribution is -2.27. The molecular formula is C12H20N4O2. The third kappa shape index (κ3) is 2.87. The lowest BCUT2D eigenvalue weighted by molar-refractivity contribution is -0.146. The van der Waals surface area contributed by atoms with Gasteiger partial charge in [0.15, 0.2) is 0 Å². The molecule has 0 radical (unpaired) electrons. The molecule has 2 heterocycles. The summed E-state index contributed by atoms with van der Waals surface area (Å²) in [7, 11) is 0. The van der Waals surface area contributed by atoms with Gasteiger partial charge in [-0.15, -0.1) is 5.10 Å². The van der Waals surface area contributed by atoms with E-state index in [1.165, 1.54) is 12.8 Å². The van der Waals surface area contributed by atoms with Gasteiger partial charge in [-0.2, -0.15) is 0 Å². The molecular weight excluding hydrogens is 232 g/mol. The highest BCUT2D eigenvalue weighted by molar-refractivity contribution is 5.73. The maximum Gasteiger partial charge on any atom is 0.330 e. The molecule has 1 saturated heterocycles. The van der Waals surface area contributed by atoms with Gasteiger partial charge in [-0.05, 0) is 33.2 Å². The van der Waals surface area contributed by atoms with E-state index in [2.05, 4.69) is 15.6 Å². The quantitative estimate of drug-likeness (QED) is 0.816. The Morgan fingerprint density at radius 2 is 2.50 bits per heavy atom. The largest absolute Gasteiger partial charge is 0.464 e. The molecule has 0 spiro atoms. The zero-order valence-electron chi connectivity index (χ0n) is 10.9. The summed E-state index contributed by atoms with van der Waals surface area (Å²) in [5.41, 5.74) is 0.908. The van der Waals surface area contributed by atoms with E-state index in [-0.39, 0.29) is 12.0 Å². The molecule has 1 N–H and O–H groups in total. The highest BCUT2D eigenvalue weighted by Gasteiger charge is 2.22. The Hall–Kier alpha value is -1.43. The molecule has 2 unspecified atom stereocenters. The molecule has 2 rings (SSSR count). The van der Waals surface area contributed by atoms with Gasteiger partial charge < -0.3 is 10.1 Å². The highest BCUT2D eigenvalue weighted by Crippen LogP contribution is 2.21. The van der Waals surface area contributed by atoms with E-state index in [1.807, 2.05) is 6.20 Å². The minimum atomic E-state index is -0.421. The number of hydrogen-bond acceptors (Lipinski definition) is 5. The molecule has 18 heavy (non-hydrogen) atoms. The van der Waals surface area contributed by atoms with E-state index in [0.717, 1.165) is 18.7 Å². The summed E-state index contributed by atoms with van der Waals surface area (Å²) in [5.74, 6) is -0.273. The second-order valence-electron chi connectivity index (χ2n) is 4.55. The first-order valence-corrected chi connectivity index (χ1v) is 6.54. The number of piperidine rings is 1. The fraction of sp³-hybridized carbons (Fsp3) is 0.750. The fourth-order valence-corrected chi connectivity index (χ4v) is 2.11. The van der Waals surface area contributed by atoms with Gasteiger partial charge in [0.1, 0.15) is 6.04 Å². The molecule has 1 aliphatic rings. The van der Waals surface area contributed by atoms with E-state index >= 15 is 0 Å². The summed E-state index contributed by atoms with van der Waals surface area (Å²) < 4.78 is 6.54. The van der Waals surface area contributed by atoms with Gasteiger partial charge >= 0.3 is 5.97 Å². The maximum atomic E-state index is 11.6. The lowest BCUT2D eigenvalue weighted by Gasteiger charge is -2.21. The van der Waals surface area contributed by atoms with Crippen molar-refractivity contribution in [3.05, 3.63) is 11.9 Å². The second kappa shape index (κ2) is 5.95. The fourth-order valence-electron chi connectivity index (χ4n) is 2.11. The summed E-state index contributed by atoms with van der Waals surface area (Å²) in [6, 6.07) is -0.156. The molecule has 0 bridgehead atoms. The van der Waals surface area contributed by atoms with E-state index in [4.69, 9.17) is 4.74 Å². The van der Waals surface area contributed by atoms with Gasteiger partial charge in [-0.25, -0.2) is 9.48 Å². The predicted molar refractivity (Wildman–Crippen MR) is 66.0 cm³/mol. The average molecular weight is 252 g/mol. The van der Waals surface area contributed by atoms with Crippen molar-refractivity contribution in [1.29, 1.82) is 0 Å². The number of aromatic nitrogens is 3. The van der Waals surface area contributed by atoms with Crippen LogP contribution in [0.3, 0.4) is 0 Å². The number of hydrogen-bond donors (Lipinski definition) is 1. The zero-order valence-corrected chi connectivity index (χ0v) is 10.9. The SMILES string of the molecule is CCOC(=O)C(C)n1cc(C2CCCCN2)nn1. The Morgan fingerprint density at radius 3 is 3.17 bits per heavy atom. The van der Waals surface area contributed by atoms with Crippen molar-refractivity contribution in [1.82, 2.24) is 20.3 Å². The van der Waals surface area contributed by atoms with Gasteiger partial charge in [0.25, 0.3) is 0 Å². The predicted octanol–water partition coefficient (Wildman–Crippen LogP) is 1.22. The summed E-state index contributed by atoms with van der Waals surface area (Å²) >= 11 is 0. The summed E-state index contributed by atoms with van der Waals surface area (Å²) in [4.78, 5) is 11.6. The Kier molecular flexibility index (Phi) is 4.30. The Balaban J connectivity index is 2.02. The average Bonchev–Trinajstić information content (AvgIpc) is 2.89. The van der Waals surface area contributed by atoms with E-state index in [9.17, 15) is 4.79 Å². The Morgan fingerprint density at radius 1 is 1.67 bits per heavy atom. The van der Waals surface area contributed by atoms with Crippen LogP contribution in [0.15, 0.2) is 6.20 Å². The normalized spacial score (nSPS) is 21.6. The number of ether oxygens (including phenoxy) is 1. The molecule has 0 aromatic carbocycles. The van der Waals surface area contributed by atoms with E-state index in [1.54, 1.807) is 18.5 Å². The Labute approximate surface area is 107 Å². The van der Waals surface area contributed by atoms with Crippen LogP contribution in [0.5, 0.6) is 0 Å². The van der Waals surface area contributed by atoms with Gasteiger partial charge in [-0.3, -0.25) is 0 Å².